The van der Waals surface area contributed by atoms with Crippen LogP contribution >= 0.6 is 0 Å². The summed E-state index contributed by atoms with van der Waals surface area (Å²) in [6.07, 6.45) is 6.56. The maximum atomic E-state index is 14.9. The molecule has 2 aliphatic carbocycles. The minimum absolute atomic E-state index is 0.00249. The maximum absolute atomic E-state index is 14.9. The predicted molar refractivity (Wildman–Crippen MR) is 127 cm³/mol. The molecule has 0 radical (unpaired) electrons. The standard InChI is InChI=1S/C28H38F4O3/c1-2-19-3-16-26(34-17-19)22-6-4-20(5-7-22)21-8-10-23(11-9-21)28(31,32)35-25-14-12-24(13-15-25)33-18-27(29)30/h12-15,18-23,26H,2-11,16-17H2,1H3. The van der Waals surface area contributed by atoms with E-state index in [9.17, 15) is 17.6 Å². The van der Waals surface area contributed by atoms with E-state index >= 15 is 0 Å². The Hall–Kier alpha value is -1.76. The second-order valence-electron chi connectivity index (χ2n) is 10.7. The molecule has 2 atom stereocenters. The molecule has 1 aromatic rings. The van der Waals surface area contributed by atoms with Gasteiger partial charge in [0.05, 0.1) is 12.0 Å². The number of hydrogen-bond acceptors (Lipinski definition) is 3. The van der Waals surface area contributed by atoms with Crippen LogP contribution in [0.3, 0.4) is 0 Å². The Labute approximate surface area is 206 Å². The third kappa shape index (κ3) is 7.14. The smallest absolute Gasteiger partial charge is 0.400 e. The summed E-state index contributed by atoms with van der Waals surface area (Å²) in [5.74, 6) is 1.89. The van der Waals surface area contributed by atoms with Crippen LogP contribution in [-0.2, 0) is 4.74 Å². The van der Waals surface area contributed by atoms with E-state index in [1.807, 2.05) is 0 Å². The van der Waals surface area contributed by atoms with Gasteiger partial charge >= 0.3 is 12.2 Å². The van der Waals surface area contributed by atoms with Crippen molar-refractivity contribution in [2.24, 2.45) is 29.6 Å². The molecule has 1 aliphatic heterocycles. The van der Waals surface area contributed by atoms with Gasteiger partial charge in [-0.15, -0.1) is 0 Å². The fourth-order valence-electron chi connectivity index (χ4n) is 6.37. The number of ether oxygens (including phenoxy) is 3. The van der Waals surface area contributed by atoms with Crippen LogP contribution in [0, 0.1) is 29.6 Å². The van der Waals surface area contributed by atoms with Gasteiger partial charge in [0, 0.05) is 6.61 Å². The number of rotatable bonds is 8. The topological polar surface area (TPSA) is 27.7 Å². The van der Waals surface area contributed by atoms with Crippen LogP contribution in [0.1, 0.15) is 77.6 Å². The minimum atomic E-state index is -3.26. The van der Waals surface area contributed by atoms with E-state index in [0.717, 1.165) is 25.4 Å². The van der Waals surface area contributed by atoms with Crippen molar-refractivity contribution in [2.45, 2.75) is 89.8 Å². The summed E-state index contributed by atoms with van der Waals surface area (Å²) in [6.45, 7) is 3.15. The van der Waals surface area contributed by atoms with Crippen molar-refractivity contribution in [3.05, 3.63) is 36.6 Å². The van der Waals surface area contributed by atoms with Gasteiger partial charge in [0.1, 0.15) is 11.5 Å². The highest BCUT2D eigenvalue weighted by Crippen LogP contribution is 2.46. The molecule has 1 heterocycles. The zero-order valence-electron chi connectivity index (χ0n) is 20.6. The highest BCUT2D eigenvalue weighted by molar-refractivity contribution is 5.32. The Bertz CT molecular complexity index is 800. The van der Waals surface area contributed by atoms with Crippen molar-refractivity contribution in [1.82, 2.24) is 0 Å². The van der Waals surface area contributed by atoms with Gasteiger partial charge in [0.2, 0.25) is 0 Å². The summed E-state index contributed by atoms with van der Waals surface area (Å²) in [5, 5.41) is 0. The number of hydrogen-bond donors (Lipinski definition) is 0. The molecular weight excluding hydrogens is 460 g/mol. The largest absolute Gasteiger partial charge is 0.459 e. The van der Waals surface area contributed by atoms with Crippen molar-refractivity contribution in [2.75, 3.05) is 6.61 Å². The van der Waals surface area contributed by atoms with Gasteiger partial charge in [0.25, 0.3) is 0 Å². The molecule has 3 nitrogen and oxygen atoms in total. The molecule has 0 N–H and O–H groups in total. The summed E-state index contributed by atoms with van der Waals surface area (Å²) < 4.78 is 69.9. The van der Waals surface area contributed by atoms with E-state index in [2.05, 4.69) is 6.92 Å². The van der Waals surface area contributed by atoms with Gasteiger partial charge < -0.3 is 14.2 Å². The van der Waals surface area contributed by atoms with Crippen molar-refractivity contribution in [3.63, 3.8) is 0 Å². The molecule has 0 bridgehead atoms. The fraction of sp³-hybridized carbons (Fsp3) is 0.714. The zero-order chi connectivity index (χ0) is 24.8. The zero-order valence-corrected chi connectivity index (χ0v) is 20.6. The minimum Gasteiger partial charge on any atom is -0.459 e. The second-order valence-corrected chi connectivity index (χ2v) is 10.7. The van der Waals surface area contributed by atoms with E-state index in [1.54, 1.807) is 0 Å². The Kier molecular flexibility index (Phi) is 9.01. The van der Waals surface area contributed by atoms with Crippen molar-refractivity contribution < 1.29 is 31.8 Å². The summed E-state index contributed by atoms with van der Waals surface area (Å²) in [4.78, 5) is 0. The molecule has 35 heavy (non-hydrogen) atoms. The molecule has 0 spiro atoms. The molecule has 2 unspecified atom stereocenters. The van der Waals surface area contributed by atoms with Gasteiger partial charge in [-0.1, -0.05) is 13.3 Å². The van der Waals surface area contributed by atoms with E-state index in [-0.39, 0.29) is 11.5 Å². The average molecular weight is 499 g/mol. The first-order valence-electron chi connectivity index (χ1n) is 13.3. The lowest BCUT2D eigenvalue weighted by Crippen LogP contribution is -2.39. The third-order valence-corrected chi connectivity index (χ3v) is 8.60. The first kappa shape index (κ1) is 26.3. The van der Waals surface area contributed by atoms with Crippen LogP contribution in [-0.4, -0.2) is 18.8 Å². The molecule has 1 saturated heterocycles. The molecule has 0 amide bonds. The number of alkyl halides is 2. The van der Waals surface area contributed by atoms with Crippen LogP contribution in [0.4, 0.5) is 17.6 Å². The predicted octanol–water partition coefficient (Wildman–Crippen LogP) is 8.59. The first-order valence-corrected chi connectivity index (χ1v) is 13.3. The molecule has 1 aromatic carbocycles. The van der Waals surface area contributed by atoms with E-state index in [1.165, 1.54) is 69.2 Å². The number of halogens is 4. The van der Waals surface area contributed by atoms with Gasteiger partial charge in [-0.25, -0.2) is 0 Å². The van der Waals surface area contributed by atoms with Crippen molar-refractivity contribution in [3.8, 4) is 11.5 Å². The Morgan fingerprint density at radius 3 is 1.97 bits per heavy atom. The highest BCUT2D eigenvalue weighted by Gasteiger charge is 2.45. The Morgan fingerprint density at radius 2 is 1.43 bits per heavy atom. The van der Waals surface area contributed by atoms with Gasteiger partial charge in [-0.2, -0.15) is 17.6 Å². The summed E-state index contributed by atoms with van der Waals surface area (Å²) in [7, 11) is 0. The molecule has 196 valence electrons. The number of benzene rings is 1. The van der Waals surface area contributed by atoms with E-state index in [4.69, 9.17) is 14.2 Å². The SMILES string of the molecule is CCC1CCC(C2CCC(C3CCC(C(F)(F)Oc4ccc(OC=C(F)F)cc4)CC3)CC2)OC1. The van der Waals surface area contributed by atoms with Crippen molar-refractivity contribution >= 4 is 0 Å². The summed E-state index contributed by atoms with van der Waals surface area (Å²) in [5.41, 5.74) is 0. The first-order chi connectivity index (χ1) is 16.8. The van der Waals surface area contributed by atoms with Crippen LogP contribution in [0.5, 0.6) is 11.5 Å². The second kappa shape index (κ2) is 12.0. The van der Waals surface area contributed by atoms with Gasteiger partial charge in [0.15, 0.2) is 6.26 Å². The van der Waals surface area contributed by atoms with Crippen LogP contribution in [0.25, 0.3) is 0 Å². The molecule has 3 fully saturated rings. The molecule has 7 heteroatoms. The maximum Gasteiger partial charge on any atom is 0.400 e. The summed E-state index contributed by atoms with van der Waals surface area (Å²) >= 11 is 0. The van der Waals surface area contributed by atoms with E-state index in [0.29, 0.717) is 43.0 Å². The molecule has 0 aromatic heterocycles. The summed E-state index contributed by atoms with van der Waals surface area (Å²) in [6, 6.07) is 5.29. The monoisotopic (exact) mass is 498 g/mol. The Balaban J connectivity index is 1.20. The van der Waals surface area contributed by atoms with Gasteiger partial charge in [-0.3, -0.25) is 0 Å². The highest BCUT2D eigenvalue weighted by atomic mass is 19.3. The van der Waals surface area contributed by atoms with Gasteiger partial charge in [-0.05, 0) is 112 Å². The lowest BCUT2D eigenvalue weighted by Gasteiger charge is -2.41. The molecule has 2 saturated carbocycles. The van der Waals surface area contributed by atoms with Crippen LogP contribution < -0.4 is 9.47 Å². The average Bonchev–Trinajstić information content (AvgIpc) is 2.88. The fourth-order valence-corrected chi connectivity index (χ4v) is 6.37. The molecular formula is C28H38F4O3. The third-order valence-electron chi connectivity index (χ3n) is 8.60. The molecule has 4 rings (SSSR count). The van der Waals surface area contributed by atoms with E-state index < -0.39 is 18.1 Å². The Morgan fingerprint density at radius 1 is 0.857 bits per heavy atom. The lowest BCUT2D eigenvalue weighted by molar-refractivity contribution is -0.224. The van der Waals surface area contributed by atoms with Crippen molar-refractivity contribution in [1.29, 1.82) is 0 Å². The quantitative estimate of drug-likeness (QED) is 0.265. The molecule has 3 aliphatic rings. The lowest BCUT2D eigenvalue weighted by atomic mass is 9.68. The van der Waals surface area contributed by atoms with Crippen LogP contribution in [0.2, 0.25) is 0 Å². The normalized spacial score (nSPS) is 32.0. The van der Waals surface area contributed by atoms with Crippen LogP contribution in [0.15, 0.2) is 36.6 Å².